The highest BCUT2D eigenvalue weighted by molar-refractivity contribution is 5.78. The van der Waals surface area contributed by atoms with E-state index in [-0.39, 0.29) is 23.4 Å². The normalized spacial score (nSPS) is 29.5. The molecule has 0 aromatic carbocycles. The summed E-state index contributed by atoms with van der Waals surface area (Å²) in [5.41, 5.74) is -0.514. The van der Waals surface area contributed by atoms with E-state index in [9.17, 15) is 9.59 Å². The van der Waals surface area contributed by atoms with Crippen molar-refractivity contribution >= 4 is 12.1 Å². The second kappa shape index (κ2) is 4.69. The van der Waals surface area contributed by atoms with Crippen LogP contribution in [0.15, 0.2) is 0 Å². The molecule has 1 spiro atoms. The molecule has 19 heavy (non-hydrogen) atoms. The Hall–Kier alpha value is -1.26. The van der Waals surface area contributed by atoms with Gasteiger partial charge in [-0.1, -0.05) is 0 Å². The van der Waals surface area contributed by atoms with Crippen LogP contribution in [0, 0.1) is 11.3 Å². The maximum absolute atomic E-state index is 12.0. The van der Waals surface area contributed by atoms with Gasteiger partial charge < -0.3 is 14.4 Å². The quantitative estimate of drug-likeness (QED) is 0.721. The first kappa shape index (κ1) is 14.2. The molecule has 1 saturated heterocycles. The van der Waals surface area contributed by atoms with Gasteiger partial charge in [-0.3, -0.25) is 4.79 Å². The van der Waals surface area contributed by atoms with Gasteiger partial charge in [0.05, 0.1) is 12.5 Å². The molecule has 0 aromatic heterocycles. The molecule has 108 valence electrons. The van der Waals surface area contributed by atoms with Crippen molar-refractivity contribution in [1.82, 2.24) is 4.90 Å². The molecule has 0 bridgehead atoms. The minimum Gasteiger partial charge on any atom is -0.466 e. The Kier molecular flexibility index (Phi) is 3.49. The summed E-state index contributed by atoms with van der Waals surface area (Å²) in [6.45, 7) is 9.09. The van der Waals surface area contributed by atoms with Crippen molar-refractivity contribution in [1.29, 1.82) is 0 Å². The fraction of sp³-hybridized carbons (Fsp3) is 0.857. The number of likely N-dealkylation sites (tertiary alicyclic amines) is 1. The molecule has 1 amide bonds. The van der Waals surface area contributed by atoms with Crippen LogP contribution in [0.3, 0.4) is 0 Å². The van der Waals surface area contributed by atoms with Gasteiger partial charge in [-0.15, -0.1) is 0 Å². The zero-order valence-corrected chi connectivity index (χ0v) is 12.2. The predicted molar refractivity (Wildman–Crippen MR) is 69.6 cm³/mol. The van der Waals surface area contributed by atoms with Gasteiger partial charge in [0.15, 0.2) is 0 Å². The molecule has 1 aliphatic heterocycles. The Balaban J connectivity index is 1.88. The molecule has 1 aliphatic carbocycles. The summed E-state index contributed by atoms with van der Waals surface area (Å²) in [7, 11) is 0. The van der Waals surface area contributed by atoms with Crippen LogP contribution >= 0.6 is 0 Å². The van der Waals surface area contributed by atoms with Crippen LogP contribution in [0.2, 0.25) is 0 Å². The lowest BCUT2D eigenvalue weighted by Crippen LogP contribution is -2.35. The van der Waals surface area contributed by atoms with Crippen LogP contribution < -0.4 is 0 Å². The van der Waals surface area contributed by atoms with E-state index in [0.717, 1.165) is 12.8 Å². The number of ether oxygens (including phenoxy) is 2. The summed E-state index contributed by atoms with van der Waals surface area (Å²) < 4.78 is 10.4. The minimum absolute atomic E-state index is 0.0279. The topological polar surface area (TPSA) is 55.8 Å². The highest BCUT2D eigenvalue weighted by Crippen LogP contribution is 2.59. The van der Waals surface area contributed by atoms with E-state index in [2.05, 4.69) is 0 Å². The summed E-state index contributed by atoms with van der Waals surface area (Å²) in [4.78, 5) is 25.4. The van der Waals surface area contributed by atoms with E-state index in [1.54, 1.807) is 4.90 Å². The second-order valence-corrected chi connectivity index (χ2v) is 6.52. The summed E-state index contributed by atoms with van der Waals surface area (Å²) >= 11 is 0. The molecule has 0 unspecified atom stereocenters. The first-order valence-corrected chi connectivity index (χ1v) is 6.92. The van der Waals surface area contributed by atoms with Gasteiger partial charge >= 0.3 is 12.1 Å². The zero-order valence-electron chi connectivity index (χ0n) is 12.2. The maximum atomic E-state index is 12.0. The zero-order chi connectivity index (χ0) is 14.3. The lowest BCUT2D eigenvalue weighted by molar-refractivity contribution is -0.145. The van der Waals surface area contributed by atoms with Gasteiger partial charge in [0, 0.05) is 18.5 Å². The lowest BCUT2D eigenvalue weighted by Gasteiger charge is -2.24. The molecule has 0 radical (unpaired) electrons. The highest BCUT2D eigenvalue weighted by Gasteiger charge is 2.62. The monoisotopic (exact) mass is 269 g/mol. The van der Waals surface area contributed by atoms with Crippen LogP contribution in [0.4, 0.5) is 4.79 Å². The van der Waals surface area contributed by atoms with Gasteiger partial charge in [0.25, 0.3) is 0 Å². The van der Waals surface area contributed by atoms with E-state index in [1.165, 1.54) is 0 Å². The molecule has 5 nitrogen and oxygen atoms in total. The van der Waals surface area contributed by atoms with Crippen molar-refractivity contribution in [3.63, 3.8) is 0 Å². The summed E-state index contributed by atoms with van der Waals surface area (Å²) in [6, 6.07) is 0. The largest absolute Gasteiger partial charge is 0.466 e. The Morgan fingerprint density at radius 2 is 2.05 bits per heavy atom. The van der Waals surface area contributed by atoms with Crippen molar-refractivity contribution in [2.75, 3.05) is 19.7 Å². The third-order valence-corrected chi connectivity index (χ3v) is 3.80. The number of amides is 1. The Bertz CT molecular complexity index is 387. The summed E-state index contributed by atoms with van der Waals surface area (Å²) in [6.07, 6.45) is 1.43. The van der Waals surface area contributed by atoms with Crippen molar-refractivity contribution in [2.24, 2.45) is 11.3 Å². The van der Waals surface area contributed by atoms with Gasteiger partial charge in [0.1, 0.15) is 5.60 Å². The van der Waals surface area contributed by atoms with Crippen LogP contribution in [0.5, 0.6) is 0 Å². The van der Waals surface area contributed by atoms with Crippen LogP contribution in [0.25, 0.3) is 0 Å². The van der Waals surface area contributed by atoms with E-state index in [1.807, 2.05) is 27.7 Å². The number of esters is 1. The Labute approximate surface area is 114 Å². The number of rotatable bonds is 2. The first-order chi connectivity index (χ1) is 8.77. The number of nitrogens with zero attached hydrogens (tertiary/aromatic N) is 1. The van der Waals surface area contributed by atoms with Crippen molar-refractivity contribution in [3.8, 4) is 0 Å². The fourth-order valence-corrected chi connectivity index (χ4v) is 2.75. The number of hydrogen-bond donors (Lipinski definition) is 0. The van der Waals surface area contributed by atoms with Crippen LogP contribution in [-0.4, -0.2) is 42.3 Å². The highest BCUT2D eigenvalue weighted by atomic mass is 16.6. The van der Waals surface area contributed by atoms with Gasteiger partial charge in [-0.05, 0) is 40.5 Å². The molecule has 1 heterocycles. The summed E-state index contributed by atoms with van der Waals surface area (Å²) in [5.74, 6) is -0.145. The minimum atomic E-state index is -0.475. The molecular formula is C14H23NO4. The van der Waals surface area contributed by atoms with Crippen molar-refractivity contribution in [3.05, 3.63) is 0 Å². The molecule has 0 N–H and O–H groups in total. The standard InChI is InChI=1S/C14H23NO4/c1-5-18-11(16)10-8-14(10)6-7-15(9-14)12(17)19-13(2,3)4/h10H,5-9H2,1-4H3/t10-,14-/m1/s1. The van der Waals surface area contributed by atoms with Gasteiger partial charge in [0.2, 0.25) is 0 Å². The molecule has 5 heteroatoms. The molecule has 1 saturated carbocycles. The Morgan fingerprint density at radius 1 is 1.37 bits per heavy atom. The first-order valence-electron chi connectivity index (χ1n) is 6.92. The number of carbonyl (C=O) groups is 2. The number of hydrogen-bond acceptors (Lipinski definition) is 4. The van der Waals surface area contributed by atoms with Gasteiger partial charge in [-0.25, -0.2) is 4.79 Å². The smallest absolute Gasteiger partial charge is 0.410 e. The molecular weight excluding hydrogens is 246 g/mol. The Morgan fingerprint density at radius 3 is 2.63 bits per heavy atom. The van der Waals surface area contributed by atoms with Gasteiger partial charge in [-0.2, -0.15) is 0 Å². The van der Waals surface area contributed by atoms with Crippen molar-refractivity contribution in [2.45, 2.75) is 46.1 Å². The van der Waals surface area contributed by atoms with Crippen LogP contribution in [0.1, 0.15) is 40.5 Å². The average Bonchev–Trinajstić information content (AvgIpc) is 2.77. The third-order valence-electron chi connectivity index (χ3n) is 3.80. The summed E-state index contributed by atoms with van der Waals surface area (Å²) in [5, 5.41) is 0. The van der Waals surface area contributed by atoms with Crippen molar-refractivity contribution < 1.29 is 19.1 Å². The SMILES string of the molecule is CCOC(=O)[C@H]1C[C@@]12CCN(C(=O)OC(C)(C)C)C2. The third kappa shape index (κ3) is 3.01. The van der Waals surface area contributed by atoms with Crippen LogP contribution in [-0.2, 0) is 14.3 Å². The fourth-order valence-electron chi connectivity index (χ4n) is 2.75. The number of carbonyl (C=O) groups excluding carboxylic acids is 2. The molecule has 2 atom stereocenters. The molecule has 2 fully saturated rings. The van der Waals surface area contributed by atoms with E-state index < -0.39 is 5.60 Å². The molecule has 2 aliphatic rings. The average molecular weight is 269 g/mol. The maximum Gasteiger partial charge on any atom is 0.410 e. The lowest BCUT2D eigenvalue weighted by atomic mass is 10.0. The second-order valence-electron chi connectivity index (χ2n) is 6.52. The predicted octanol–water partition coefficient (Wildman–Crippen LogP) is 2.20. The molecule has 0 aromatic rings. The van der Waals surface area contributed by atoms with E-state index in [4.69, 9.17) is 9.47 Å². The van der Waals surface area contributed by atoms with E-state index in [0.29, 0.717) is 19.7 Å². The van der Waals surface area contributed by atoms with E-state index >= 15 is 0 Å². The molecule has 2 rings (SSSR count).